The van der Waals surface area contributed by atoms with Crippen molar-refractivity contribution in [2.24, 2.45) is 0 Å². The molecule has 3 nitrogen and oxygen atoms in total. The fourth-order valence-electron chi connectivity index (χ4n) is 0.872. The second-order valence-electron chi connectivity index (χ2n) is 2.50. The van der Waals surface area contributed by atoms with Crippen molar-refractivity contribution >= 4 is 12.9 Å². The molecule has 66 valence electrons. The first kappa shape index (κ1) is 9.70. The molecule has 1 aromatic rings. The monoisotopic (exact) mass is 176 g/mol. The molecule has 0 aliphatic carbocycles. The van der Waals surface area contributed by atoms with Gasteiger partial charge in [0.25, 0.3) is 0 Å². The van der Waals surface area contributed by atoms with E-state index in [0.29, 0.717) is 5.56 Å². The van der Waals surface area contributed by atoms with Crippen LogP contribution >= 0.6 is 0 Å². The number of benzene rings is 1. The van der Waals surface area contributed by atoms with Crippen LogP contribution in [0, 0.1) is 0 Å². The zero-order valence-corrected chi connectivity index (χ0v) is 6.92. The summed E-state index contributed by atoms with van der Waals surface area (Å²) in [5.74, 6) is 0.781. The Labute approximate surface area is 76.5 Å². The minimum Gasteiger partial charge on any atom is -0.424 e. The molecule has 1 aromatic carbocycles. The van der Waals surface area contributed by atoms with Gasteiger partial charge in [0, 0.05) is 5.56 Å². The fourth-order valence-corrected chi connectivity index (χ4v) is 0.872. The summed E-state index contributed by atoms with van der Waals surface area (Å²) in [5, 5.41) is 16.9. The maximum Gasteiger partial charge on any atom is 0.480 e. The third-order valence-electron chi connectivity index (χ3n) is 1.48. The molecule has 0 aromatic heterocycles. The number of ketones is 1. The zero-order chi connectivity index (χ0) is 9.68. The van der Waals surface area contributed by atoms with E-state index in [9.17, 15) is 4.79 Å². The van der Waals surface area contributed by atoms with E-state index < -0.39 is 7.12 Å². The van der Waals surface area contributed by atoms with E-state index in [1.165, 1.54) is 0 Å². The SMILES string of the molecule is O=C(C=CB(O)O)c1ccccc1. The molecule has 0 fully saturated rings. The van der Waals surface area contributed by atoms with E-state index in [-0.39, 0.29) is 5.78 Å². The summed E-state index contributed by atoms with van der Waals surface area (Å²) in [5.41, 5.74) is 0.527. The Morgan fingerprint density at radius 2 is 1.85 bits per heavy atom. The second-order valence-corrected chi connectivity index (χ2v) is 2.50. The Balaban J connectivity index is 2.70. The highest BCUT2D eigenvalue weighted by Crippen LogP contribution is 2.00. The van der Waals surface area contributed by atoms with Crippen LogP contribution in [0.2, 0.25) is 0 Å². The maximum atomic E-state index is 11.2. The smallest absolute Gasteiger partial charge is 0.424 e. The van der Waals surface area contributed by atoms with Crippen LogP contribution in [-0.4, -0.2) is 22.9 Å². The van der Waals surface area contributed by atoms with Gasteiger partial charge in [-0.2, -0.15) is 0 Å². The molecule has 0 amide bonds. The summed E-state index contributed by atoms with van der Waals surface area (Å²) in [6.45, 7) is 0. The van der Waals surface area contributed by atoms with Crippen molar-refractivity contribution in [1.82, 2.24) is 0 Å². The highest BCUT2D eigenvalue weighted by molar-refractivity contribution is 6.48. The van der Waals surface area contributed by atoms with Gasteiger partial charge in [-0.05, 0) is 6.08 Å². The molecule has 0 spiro atoms. The van der Waals surface area contributed by atoms with Crippen LogP contribution in [0.1, 0.15) is 10.4 Å². The van der Waals surface area contributed by atoms with Crippen molar-refractivity contribution in [2.75, 3.05) is 0 Å². The van der Waals surface area contributed by atoms with E-state index in [1.807, 2.05) is 0 Å². The van der Waals surface area contributed by atoms with Gasteiger partial charge in [0.1, 0.15) is 0 Å². The molecule has 0 unspecified atom stereocenters. The van der Waals surface area contributed by atoms with Crippen LogP contribution in [0.25, 0.3) is 0 Å². The second kappa shape index (κ2) is 4.59. The van der Waals surface area contributed by atoms with E-state index in [1.54, 1.807) is 30.3 Å². The topological polar surface area (TPSA) is 57.5 Å². The molecule has 0 atom stereocenters. The molecule has 0 saturated carbocycles. The average molecular weight is 176 g/mol. The minimum atomic E-state index is -1.58. The molecule has 0 heterocycles. The summed E-state index contributed by atoms with van der Waals surface area (Å²) in [7, 11) is -1.58. The number of carbonyl (C=O) groups excluding carboxylic acids is 1. The minimum absolute atomic E-state index is 0.242. The molecule has 0 bridgehead atoms. The van der Waals surface area contributed by atoms with Crippen LogP contribution < -0.4 is 0 Å². The molecule has 13 heavy (non-hydrogen) atoms. The van der Waals surface area contributed by atoms with Gasteiger partial charge in [-0.25, -0.2) is 0 Å². The normalized spacial score (nSPS) is 10.3. The third kappa shape index (κ3) is 3.23. The number of hydrogen-bond donors (Lipinski definition) is 2. The zero-order valence-electron chi connectivity index (χ0n) is 6.92. The fraction of sp³-hybridized carbons (Fsp3) is 0. The Kier molecular flexibility index (Phi) is 3.43. The Bertz CT molecular complexity index is 306. The van der Waals surface area contributed by atoms with E-state index in [0.717, 1.165) is 12.1 Å². The molecular formula is C9H9BO3. The van der Waals surface area contributed by atoms with Gasteiger partial charge in [-0.1, -0.05) is 36.3 Å². The molecule has 0 aliphatic heterocycles. The van der Waals surface area contributed by atoms with Crippen molar-refractivity contribution in [3.8, 4) is 0 Å². The van der Waals surface area contributed by atoms with Gasteiger partial charge < -0.3 is 10.0 Å². The van der Waals surface area contributed by atoms with Crippen molar-refractivity contribution < 1.29 is 14.8 Å². The molecular weight excluding hydrogens is 167 g/mol. The lowest BCUT2D eigenvalue weighted by Gasteiger charge is -1.93. The van der Waals surface area contributed by atoms with Crippen molar-refractivity contribution in [3.63, 3.8) is 0 Å². The summed E-state index contributed by atoms with van der Waals surface area (Å²) in [6.07, 6.45) is 1.14. The number of allylic oxidation sites excluding steroid dienone is 1. The Morgan fingerprint density at radius 3 is 2.38 bits per heavy atom. The van der Waals surface area contributed by atoms with E-state index in [4.69, 9.17) is 10.0 Å². The number of rotatable bonds is 3. The molecule has 0 aliphatic rings. The van der Waals surface area contributed by atoms with Crippen molar-refractivity contribution in [3.05, 3.63) is 47.9 Å². The largest absolute Gasteiger partial charge is 0.480 e. The average Bonchev–Trinajstić information content (AvgIpc) is 2.15. The van der Waals surface area contributed by atoms with Crippen LogP contribution in [0.3, 0.4) is 0 Å². The summed E-state index contributed by atoms with van der Waals surface area (Å²) >= 11 is 0. The first-order valence-electron chi connectivity index (χ1n) is 3.84. The van der Waals surface area contributed by atoms with Gasteiger partial charge in [0.15, 0.2) is 5.78 Å². The Morgan fingerprint density at radius 1 is 1.23 bits per heavy atom. The van der Waals surface area contributed by atoms with Crippen molar-refractivity contribution in [2.45, 2.75) is 0 Å². The Hall–Kier alpha value is -1.39. The van der Waals surface area contributed by atoms with Crippen LogP contribution in [-0.2, 0) is 0 Å². The van der Waals surface area contributed by atoms with Gasteiger partial charge >= 0.3 is 7.12 Å². The highest BCUT2D eigenvalue weighted by atomic mass is 16.4. The first-order chi connectivity index (χ1) is 6.20. The molecule has 0 radical (unpaired) electrons. The quantitative estimate of drug-likeness (QED) is 0.399. The summed E-state index contributed by atoms with van der Waals surface area (Å²) in [6, 6.07) is 8.63. The highest BCUT2D eigenvalue weighted by Gasteiger charge is 2.03. The van der Waals surface area contributed by atoms with Gasteiger partial charge in [0.05, 0.1) is 0 Å². The number of hydrogen-bond acceptors (Lipinski definition) is 3. The van der Waals surface area contributed by atoms with Crippen molar-refractivity contribution in [1.29, 1.82) is 0 Å². The van der Waals surface area contributed by atoms with E-state index in [2.05, 4.69) is 0 Å². The van der Waals surface area contributed by atoms with Gasteiger partial charge in [-0.15, -0.1) is 0 Å². The lowest BCUT2D eigenvalue weighted by Crippen LogP contribution is -2.07. The van der Waals surface area contributed by atoms with Gasteiger partial charge in [-0.3, -0.25) is 4.79 Å². The van der Waals surface area contributed by atoms with Crippen LogP contribution in [0.5, 0.6) is 0 Å². The van der Waals surface area contributed by atoms with Crippen LogP contribution in [0.15, 0.2) is 42.4 Å². The lowest BCUT2D eigenvalue weighted by atomic mass is 9.90. The van der Waals surface area contributed by atoms with Crippen LogP contribution in [0.4, 0.5) is 0 Å². The van der Waals surface area contributed by atoms with Gasteiger partial charge in [0.2, 0.25) is 0 Å². The summed E-state index contributed by atoms with van der Waals surface area (Å²) in [4.78, 5) is 11.2. The number of carbonyl (C=O) groups is 1. The standard InChI is InChI=1S/C9H9BO3/c11-9(6-7-10(12)13)8-4-2-1-3-5-8/h1-7,12-13H. The molecule has 2 N–H and O–H groups in total. The predicted octanol–water partition coefficient (Wildman–Crippen LogP) is 0.437. The first-order valence-corrected chi connectivity index (χ1v) is 3.84. The molecule has 1 rings (SSSR count). The lowest BCUT2D eigenvalue weighted by molar-refractivity contribution is 0.104. The third-order valence-corrected chi connectivity index (χ3v) is 1.48. The summed E-state index contributed by atoms with van der Waals surface area (Å²) < 4.78 is 0. The predicted molar refractivity (Wildman–Crippen MR) is 50.1 cm³/mol. The molecule has 0 saturated heterocycles. The van der Waals surface area contributed by atoms with E-state index >= 15 is 0 Å². The maximum absolute atomic E-state index is 11.2. The molecule has 4 heteroatoms.